The van der Waals surface area contributed by atoms with Crippen LogP contribution < -0.4 is 0 Å². The zero-order chi connectivity index (χ0) is 14.5. The fraction of sp³-hybridized carbons (Fsp3) is 0.235. The third-order valence-electron chi connectivity index (χ3n) is 3.17. The van der Waals surface area contributed by atoms with Gasteiger partial charge in [-0.2, -0.15) is 0 Å². The molecule has 1 heterocycles. The van der Waals surface area contributed by atoms with Gasteiger partial charge in [-0.05, 0) is 50.6 Å². The minimum absolute atomic E-state index is 0.308. The fourth-order valence-electron chi connectivity index (χ4n) is 2.28. The largest absolute Gasteiger partial charge is 0.463 e. The van der Waals surface area contributed by atoms with E-state index in [4.69, 9.17) is 4.74 Å². The van der Waals surface area contributed by atoms with Gasteiger partial charge in [-0.25, -0.2) is 4.79 Å². The van der Waals surface area contributed by atoms with E-state index < -0.39 is 0 Å². The van der Waals surface area contributed by atoms with Crippen molar-refractivity contribution >= 4 is 12.0 Å². The molecular formula is C17H19NO2. The van der Waals surface area contributed by atoms with Crippen molar-refractivity contribution in [3.63, 3.8) is 0 Å². The van der Waals surface area contributed by atoms with Gasteiger partial charge in [0.15, 0.2) is 0 Å². The molecule has 3 heteroatoms. The van der Waals surface area contributed by atoms with Gasteiger partial charge < -0.3 is 9.30 Å². The van der Waals surface area contributed by atoms with Crippen molar-refractivity contribution in [2.24, 2.45) is 0 Å². The molecule has 0 amide bonds. The highest BCUT2D eigenvalue weighted by atomic mass is 16.5. The number of aryl methyl sites for hydroxylation is 1. The van der Waals surface area contributed by atoms with Crippen LogP contribution in [0, 0.1) is 13.8 Å². The van der Waals surface area contributed by atoms with E-state index in [2.05, 4.69) is 29.7 Å². The normalized spacial score (nSPS) is 10.9. The first-order valence-electron chi connectivity index (χ1n) is 6.72. The van der Waals surface area contributed by atoms with Gasteiger partial charge in [0.2, 0.25) is 0 Å². The molecule has 1 aromatic carbocycles. The molecule has 1 aromatic heterocycles. The second-order valence-corrected chi connectivity index (χ2v) is 4.58. The molecule has 2 rings (SSSR count). The molecule has 0 radical (unpaired) electrons. The van der Waals surface area contributed by atoms with E-state index in [0.717, 1.165) is 22.6 Å². The smallest absolute Gasteiger partial charge is 0.330 e. The molecule has 0 aliphatic heterocycles. The van der Waals surface area contributed by atoms with Crippen LogP contribution in [0.25, 0.3) is 11.8 Å². The molecule has 3 nitrogen and oxygen atoms in total. The topological polar surface area (TPSA) is 31.2 Å². The monoisotopic (exact) mass is 269 g/mol. The molecule has 0 saturated carbocycles. The van der Waals surface area contributed by atoms with E-state index in [1.807, 2.05) is 25.1 Å². The van der Waals surface area contributed by atoms with Crippen LogP contribution in [0.2, 0.25) is 0 Å². The molecule has 0 unspecified atom stereocenters. The average Bonchev–Trinajstić information content (AvgIpc) is 2.72. The van der Waals surface area contributed by atoms with Crippen LogP contribution in [0.1, 0.15) is 23.9 Å². The Morgan fingerprint density at radius 1 is 1.25 bits per heavy atom. The number of hydrogen-bond acceptors (Lipinski definition) is 2. The van der Waals surface area contributed by atoms with Crippen molar-refractivity contribution in [2.45, 2.75) is 20.8 Å². The summed E-state index contributed by atoms with van der Waals surface area (Å²) in [6.45, 7) is 6.30. The van der Waals surface area contributed by atoms with Crippen LogP contribution in [0.15, 0.2) is 42.5 Å². The summed E-state index contributed by atoms with van der Waals surface area (Å²) in [5.41, 5.74) is 4.39. The van der Waals surface area contributed by atoms with E-state index in [1.165, 1.54) is 6.08 Å². The number of benzene rings is 1. The molecular weight excluding hydrogens is 250 g/mol. The predicted molar refractivity (Wildman–Crippen MR) is 80.9 cm³/mol. The van der Waals surface area contributed by atoms with Gasteiger partial charge in [0.25, 0.3) is 0 Å². The lowest BCUT2D eigenvalue weighted by atomic mass is 10.2. The van der Waals surface area contributed by atoms with Crippen LogP contribution in [-0.4, -0.2) is 17.1 Å². The maximum atomic E-state index is 11.4. The minimum Gasteiger partial charge on any atom is -0.463 e. The molecule has 0 atom stereocenters. The summed E-state index contributed by atoms with van der Waals surface area (Å²) in [5, 5.41) is 0. The lowest BCUT2D eigenvalue weighted by Crippen LogP contribution is -1.99. The quantitative estimate of drug-likeness (QED) is 0.626. The maximum absolute atomic E-state index is 11.4. The number of para-hydroxylation sites is 1. The molecule has 2 aromatic rings. The zero-order valence-corrected chi connectivity index (χ0v) is 12.1. The van der Waals surface area contributed by atoms with Gasteiger partial charge in [0.05, 0.1) is 6.61 Å². The Kier molecular flexibility index (Phi) is 4.41. The summed E-state index contributed by atoms with van der Waals surface area (Å²) in [6, 6.07) is 12.2. The third-order valence-corrected chi connectivity index (χ3v) is 3.17. The lowest BCUT2D eigenvalue weighted by Gasteiger charge is -2.09. The molecule has 0 N–H and O–H groups in total. The predicted octanol–water partition coefficient (Wildman–Crippen LogP) is 3.67. The first-order valence-corrected chi connectivity index (χ1v) is 6.72. The Hall–Kier alpha value is -2.29. The van der Waals surface area contributed by atoms with Gasteiger partial charge in [-0.15, -0.1) is 0 Å². The highest BCUT2D eigenvalue weighted by Crippen LogP contribution is 2.21. The van der Waals surface area contributed by atoms with Crippen LogP contribution in [-0.2, 0) is 9.53 Å². The van der Waals surface area contributed by atoms with E-state index in [0.29, 0.717) is 6.61 Å². The molecule has 0 spiro atoms. The number of nitrogens with zero attached hydrogens (tertiary/aromatic N) is 1. The van der Waals surface area contributed by atoms with Crippen LogP contribution >= 0.6 is 0 Å². The van der Waals surface area contributed by atoms with E-state index in [1.54, 1.807) is 13.0 Å². The Bertz CT molecular complexity index is 624. The lowest BCUT2D eigenvalue weighted by molar-refractivity contribution is -0.137. The Morgan fingerprint density at radius 3 is 2.60 bits per heavy atom. The number of hydrogen-bond donors (Lipinski definition) is 0. The minimum atomic E-state index is -0.308. The first-order chi connectivity index (χ1) is 9.63. The van der Waals surface area contributed by atoms with Crippen LogP contribution in [0.4, 0.5) is 0 Å². The summed E-state index contributed by atoms with van der Waals surface area (Å²) in [7, 11) is 0. The van der Waals surface area contributed by atoms with Gasteiger partial charge in [0.1, 0.15) is 0 Å². The van der Waals surface area contributed by atoms with Gasteiger partial charge in [-0.3, -0.25) is 0 Å². The van der Waals surface area contributed by atoms with Crippen molar-refractivity contribution in [3.8, 4) is 5.69 Å². The number of carbonyl (C=O) groups is 1. The van der Waals surface area contributed by atoms with Crippen LogP contribution in [0.3, 0.4) is 0 Å². The summed E-state index contributed by atoms with van der Waals surface area (Å²) in [6.07, 6.45) is 3.28. The van der Waals surface area contributed by atoms with E-state index >= 15 is 0 Å². The zero-order valence-electron chi connectivity index (χ0n) is 12.1. The second kappa shape index (κ2) is 6.24. The molecule has 0 fully saturated rings. The van der Waals surface area contributed by atoms with Crippen molar-refractivity contribution < 1.29 is 9.53 Å². The standard InChI is InChI=1S/C17H19NO2/c1-4-20-17(19)11-10-15-12-13(2)18(14(15)3)16-8-6-5-7-9-16/h5-12H,4H2,1-3H3. The highest BCUT2D eigenvalue weighted by molar-refractivity contribution is 5.87. The number of esters is 1. The number of rotatable bonds is 4. The van der Waals surface area contributed by atoms with E-state index in [9.17, 15) is 4.79 Å². The molecule has 0 saturated heterocycles. The van der Waals surface area contributed by atoms with Gasteiger partial charge in [0, 0.05) is 23.2 Å². The first kappa shape index (κ1) is 14.1. The molecule has 0 aliphatic rings. The third kappa shape index (κ3) is 2.99. The summed E-state index contributed by atoms with van der Waals surface area (Å²) >= 11 is 0. The molecule has 104 valence electrons. The second-order valence-electron chi connectivity index (χ2n) is 4.58. The fourth-order valence-corrected chi connectivity index (χ4v) is 2.28. The number of ether oxygens (including phenoxy) is 1. The summed E-state index contributed by atoms with van der Waals surface area (Å²) in [4.78, 5) is 11.4. The Labute approximate surface area is 119 Å². The summed E-state index contributed by atoms with van der Waals surface area (Å²) in [5.74, 6) is -0.308. The molecule has 0 bridgehead atoms. The highest BCUT2D eigenvalue weighted by Gasteiger charge is 2.08. The molecule has 20 heavy (non-hydrogen) atoms. The van der Waals surface area contributed by atoms with Gasteiger partial charge >= 0.3 is 5.97 Å². The Morgan fingerprint density at radius 2 is 1.95 bits per heavy atom. The van der Waals surface area contributed by atoms with E-state index in [-0.39, 0.29) is 5.97 Å². The van der Waals surface area contributed by atoms with Crippen molar-refractivity contribution in [3.05, 3.63) is 59.4 Å². The molecule has 0 aliphatic carbocycles. The van der Waals surface area contributed by atoms with Crippen molar-refractivity contribution in [1.29, 1.82) is 0 Å². The van der Waals surface area contributed by atoms with Gasteiger partial charge in [-0.1, -0.05) is 18.2 Å². The van der Waals surface area contributed by atoms with Crippen molar-refractivity contribution in [2.75, 3.05) is 6.61 Å². The average molecular weight is 269 g/mol. The maximum Gasteiger partial charge on any atom is 0.330 e. The summed E-state index contributed by atoms with van der Waals surface area (Å²) < 4.78 is 7.06. The SMILES string of the molecule is CCOC(=O)C=Cc1cc(C)n(-c2ccccc2)c1C. The van der Waals surface area contributed by atoms with Crippen molar-refractivity contribution in [1.82, 2.24) is 4.57 Å². The Balaban J connectivity index is 2.33. The van der Waals surface area contributed by atoms with Crippen LogP contribution in [0.5, 0.6) is 0 Å². The number of aromatic nitrogens is 1. The number of carbonyl (C=O) groups excluding carboxylic acids is 1.